The number of carboxylic acid groups (broad SMARTS) is 1. The lowest BCUT2D eigenvalue weighted by atomic mass is 9.96. The highest BCUT2D eigenvalue weighted by Crippen LogP contribution is 2.36. The van der Waals surface area contributed by atoms with E-state index in [-0.39, 0.29) is 29.1 Å². The number of likely N-dealkylation sites (tertiary alicyclic amines) is 1. The summed E-state index contributed by atoms with van der Waals surface area (Å²) in [5.41, 5.74) is 0.970. The Balaban J connectivity index is 0.000000591. The van der Waals surface area contributed by atoms with Crippen molar-refractivity contribution in [2.45, 2.75) is 121 Å². The number of nitrogens with zero attached hydrogens (tertiary/aromatic N) is 3. The Kier molecular flexibility index (Phi) is 12.5. The van der Waals surface area contributed by atoms with E-state index in [0.717, 1.165) is 23.7 Å². The number of aliphatic carboxylic acids is 1. The Morgan fingerprint density at radius 2 is 1.51 bits per heavy atom. The molecule has 2 bridgehead atoms. The SMILES string of the molecule is CC(C)n1c(=O)c(C(=O)NC2C[C@H]3CC[C@@H](C2)N3CCCCCCCN2CCCCC2)cc2ccccc21.O=C(O)C(F)(F)F. The van der Waals surface area contributed by atoms with Crippen molar-refractivity contribution >= 4 is 22.8 Å². The van der Waals surface area contributed by atoms with Gasteiger partial charge in [-0.1, -0.05) is 43.9 Å². The molecule has 0 aliphatic carbocycles. The number of halogens is 3. The molecule has 0 radical (unpaired) electrons. The molecule has 0 saturated carbocycles. The van der Waals surface area contributed by atoms with E-state index in [4.69, 9.17) is 9.90 Å². The summed E-state index contributed by atoms with van der Waals surface area (Å²) in [4.78, 5) is 40.9. The number of amides is 1. The number of hydrogen-bond acceptors (Lipinski definition) is 5. The highest BCUT2D eigenvalue weighted by atomic mass is 19.4. The molecule has 1 aromatic heterocycles. The van der Waals surface area contributed by atoms with Crippen LogP contribution in [0.15, 0.2) is 35.1 Å². The summed E-state index contributed by atoms with van der Waals surface area (Å²) in [7, 11) is 0. The molecule has 3 fully saturated rings. The summed E-state index contributed by atoms with van der Waals surface area (Å²) in [6.45, 7) is 9.13. The van der Waals surface area contributed by atoms with Crippen LogP contribution in [0.4, 0.5) is 13.2 Å². The van der Waals surface area contributed by atoms with Crippen LogP contribution in [0.2, 0.25) is 0 Å². The Bertz CT molecular complexity index is 1320. The lowest BCUT2D eigenvalue weighted by Crippen LogP contribution is -2.51. The fourth-order valence-corrected chi connectivity index (χ4v) is 7.32. The van der Waals surface area contributed by atoms with Crippen LogP contribution in [0, 0.1) is 0 Å². The van der Waals surface area contributed by atoms with Gasteiger partial charge in [-0.3, -0.25) is 14.5 Å². The first-order valence-electron chi connectivity index (χ1n) is 16.7. The topological polar surface area (TPSA) is 94.9 Å². The number of unbranched alkanes of at least 4 members (excludes halogenated alkanes) is 4. The highest BCUT2D eigenvalue weighted by Gasteiger charge is 2.41. The second-order valence-corrected chi connectivity index (χ2v) is 13.1. The van der Waals surface area contributed by atoms with E-state index in [1.807, 2.05) is 38.1 Å². The third-order valence-corrected chi connectivity index (χ3v) is 9.51. The minimum absolute atomic E-state index is 0.00565. The molecule has 1 aromatic carbocycles. The molecule has 8 nitrogen and oxygen atoms in total. The minimum Gasteiger partial charge on any atom is -0.475 e. The molecule has 3 saturated heterocycles. The normalized spacial score (nSPS) is 22.3. The summed E-state index contributed by atoms with van der Waals surface area (Å²) in [6, 6.07) is 10.9. The molecule has 11 heteroatoms. The molecule has 3 aliphatic rings. The lowest BCUT2D eigenvalue weighted by Gasteiger charge is -2.39. The molecule has 250 valence electrons. The fraction of sp³-hybridized carbons (Fsp3) is 0.676. The van der Waals surface area contributed by atoms with Gasteiger partial charge in [0.05, 0.1) is 5.52 Å². The molecule has 0 spiro atoms. The Morgan fingerprint density at radius 3 is 2.11 bits per heavy atom. The summed E-state index contributed by atoms with van der Waals surface area (Å²) in [5, 5.41) is 11.3. The van der Waals surface area contributed by atoms with Gasteiger partial charge in [0.1, 0.15) is 5.56 Å². The molecule has 2 N–H and O–H groups in total. The zero-order valence-corrected chi connectivity index (χ0v) is 26.7. The van der Waals surface area contributed by atoms with Crippen molar-refractivity contribution in [2.75, 3.05) is 26.2 Å². The Hall–Kier alpha value is -2.92. The van der Waals surface area contributed by atoms with Crippen molar-refractivity contribution in [2.24, 2.45) is 0 Å². The van der Waals surface area contributed by atoms with Crippen molar-refractivity contribution in [3.63, 3.8) is 0 Å². The maximum atomic E-state index is 13.3. The number of para-hydroxylation sites is 1. The van der Waals surface area contributed by atoms with Gasteiger partial charge < -0.3 is 19.9 Å². The van der Waals surface area contributed by atoms with Crippen LogP contribution in [0.1, 0.15) is 107 Å². The van der Waals surface area contributed by atoms with Crippen LogP contribution in [0.3, 0.4) is 0 Å². The summed E-state index contributed by atoms with van der Waals surface area (Å²) < 4.78 is 33.5. The maximum absolute atomic E-state index is 13.3. The molecule has 1 amide bonds. The zero-order chi connectivity index (χ0) is 32.6. The minimum atomic E-state index is -5.08. The van der Waals surface area contributed by atoms with Gasteiger partial charge >= 0.3 is 12.1 Å². The molecule has 2 aromatic rings. The van der Waals surface area contributed by atoms with Gasteiger partial charge in [0.15, 0.2) is 0 Å². The van der Waals surface area contributed by atoms with Gasteiger partial charge in [0.25, 0.3) is 11.5 Å². The van der Waals surface area contributed by atoms with Crippen molar-refractivity contribution in [3.8, 4) is 0 Å². The van der Waals surface area contributed by atoms with Gasteiger partial charge in [-0.25, -0.2) is 4.79 Å². The summed E-state index contributed by atoms with van der Waals surface area (Å²) >= 11 is 0. The average Bonchev–Trinajstić information content (AvgIpc) is 3.23. The second kappa shape index (κ2) is 16.1. The van der Waals surface area contributed by atoms with Crippen LogP contribution in [-0.2, 0) is 4.79 Å². The Labute approximate surface area is 263 Å². The quantitative estimate of drug-likeness (QED) is 0.279. The summed E-state index contributed by atoms with van der Waals surface area (Å²) in [5.74, 6) is -2.97. The number of pyridine rings is 1. The van der Waals surface area contributed by atoms with Crippen LogP contribution in [0.5, 0.6) is 0 Å². The number of benzene rings is 1. The van der Waals surface area contributed by atoms with E-state index in [1.165, 1.54) is 90.4 Å². The molecule has 3 atom stereocenters. The number of nitrogens with one attached hydrogen (secondary N) is 1. The van der Waals surface area contributed by atoms with Gasteiger partial charge in [-0.15, -0.1) is 0 Å². The van der Waals surface area contributed by atoms with Crippen LogP contribution >= 0.6 is 0 Å². The van der Waals surface area contributed by atoms with Crippen molar-refractivity contribution < 1.29 is 27.9 Å². The number of carbonyl (C=O) groups is 2. The molecular weight excluding hydrogens is 585 g/mol. The van der Waals surface area contributed by atoms with Crippen LogP contribution in [0.25, 0.3) is 10.9 Å². The maximum Gasteiger partial charge on any atom is 0.490 e. The molecular formula is C34H49F3N4O4. The molecule has 5 rings (SSSR count). The monoisotopic (exact) mass is 634 g/mol. The average molecular weight is 635 g/mol. The highest BCUT2D eigenvalue weighted by molar-refractivity contribution is 5.97. The number of carbonyl (C=O) groups excluding carboxylic acids is 1. The van der Waals surface area contributed by atoms with E-state index in [2.05, 4.69) is 15.1 Å². The van der Waals surface area contributed by atoms with Gasteiger partial charge in [-0.2, -0.15) is 13.2 Å². The largest absolute Gasteiger partial charge is 0.490 e. The number of piperidine rings is 2. The number of alkyl halides is 3. The smallest absolute Gasteiger partial charge is 0.475 e. The van der Waals surface area contributed by atoms with Crippen molar-refractivity contribution in [3.05, 3.63) is 46.2 Å². The van der Waals surface area contributed by atoms with E-state index in [1.54, 1.807) is 10.6 Å². The van der Waals surface area contributed by atoms with Crippen molar-refractivity contribution in [1.82, 2.24) is 19.7 Å². The van der Waals surface area contributed by atoms with Crippen molar-refractivity contribution in [1.29, 1.82) is 0 Å². The zero-order valence-electron chi connectivity index (χ0n) is 26.7. The fourth-order valence-electron chi connectivity index (χ4n) is 7.32. The van der Waals surface area contributed by atoms with Crippen LogP contribution in [-0.4, -0.2) is 81.8 Å². The number of hydrogen-bond donors (Lipinski definition) is 2. The number of carboxylic acids is 1. The molecule has 45 heavy (non-hydrogen) atoms. The molecule has 4 heterocycles. The first kappa shape index (κ1) is 34.9. The van der Waals surface area contributed by atoms with Gasteiger partial charge in [0, 0.05) is 24.2 Å². The Morgan fingerprint density at radius 1 is 0.933 bits per heavy atom. The van der Waals surface area contributed by atoms with Gasteiger partial charge in [0.2, 0.25) is 0 Å². The second-order valence-electron chi connectivity index (χ2n) is 13.1. The number of rotatable bonds is 11. The molecule has 3 aliphatic heterocycles. The van der Waals surface area contributed by atoms with E-state index in [9.17, 15) is 22.8 Å². The third kappa shape index (κ3) is 9.54. The third-order valence-electron chi connectivity index (χ3n) is 9.51. The number of fused-ring (bicyclic) bond motifs is 3. The predicted octanol–water partition coefficient (Wildman–Crippen LogP) is 6.38. The van der Waals surface area contributed by atoms with E-state index in [0.29, 0.717) is 12.1 Å². The van der Waals surface area contributed by atoms with Gasteiger partial charge in [-0.05, 0) is 109 Å². The van der Waals surface area contributed by atoms with E-state index >= 15 is 0 Å². The number of aromatic nitrogens is 1. The summed E-state index contributed by atoms with van der Waals surface area (Å²) in [6.07, 6.45) is 10.3. The van der Waals surface area contributed by atoms with E-state index < -0.39 is 12.1 Å². The molecule has 1 unspecified atom stereocenters. The first-order valence-corrected chi connectivity index (χ1v) is 16.7. The first-order chi connectivity index (χ1) is 21.5. The standard InChI is InChI=1S/C32H48N4O2.C2HF3O2/c1-24(2)36-30-14-8-7-13-25(30)21-29(32(36)38)31(37)33-26-22-27-15-16-28(23-26)35(27)20-12-5-3-4-9-17-34-18-10-6-11-19-34;3-2(4,5)1(6)7/h7-8,13-14,21,24,26-28H,3-6,9-12,15-20,22-23H2,1-2H3,(H,33,37);(H,6,7)/t26?,27-,28+;. The van der Waals surface area contributed by atoms with Crippen LogP contribution < -0.4 is 10.9 Å². The lowest BCUT2D eigenvalue weighted by molar-refractivity contribution is -0.192. The predicted molar refractivity (Wildman–Crippen MR) is 170 cm³/mol.